The largest absolute Gasteiger partial charge is 0.381 e. The van der Waals surface area contributed by atoms with Gasteiger partial charge in [0, 0.05) is 12.8 Å². The van der Waals surface area contributed by atoms with Crippen molar-refractivity contribution in [1.82, 2.24) is 10.7 Å². The molecule has 0 heterocycles. The van der Waals surface area contributed by atoms with E-state index < -0.39 is 18.1 Å². The van der Waals surface area contributed by atoms with Gasteiger partial charge in [-0.25, -0.2) is 5.01 Å². The number of hydrogen-bond donors (Lipinski definition) is 3. The number of aliphatic hydroxyl groups excluding tert-OH is 1. The normalized spacial score (nSPS) is 16.7. The number of anilines is 1. The van der Waals surface area contributed by atoms with Gasteiger partial charge < -0.3 is 10.4 Å². The van der Waals surface area contributed by atoms with E-state index in [1.165, 1.54) is 6.92 Å². The van der Waals surface area contributed by atoms with Gasteiger partial charge in [0.2, 0.25) is 11.8 Å². The van der Waals surface area contributed by atoms with Crippen LogP contribution in [-0.2, 0) is 14.4 Å². The molecular formula is C22H33N3O4. The molecule has 1 aromatic carbocycles. The highest BCUT2D eigenvalue weighted by Crippen LogP contribution is 2.24. The fraction of sp³-hybridized carbons (Fsp3) is 0.591. The number of carbonyl (C=O) groups excluding carboxylic acids is 3. The molecule has 7 nitrogen and oxygen atoms in total. The lowest BCUT2D eigenvalue weighted by Gasteiger charge is -2.30. The van der Waals surface area contributed by atoms with Crippen LogP contribution < -0.4 is 15.8 Å². The second-order valence-corrected chi connectivity index (χ2v) is 8.19. The lowest BCUT2D eigenvalue weighted by atomic mass is 9.88. The third-order valence-electron chi connectivity index (χ3n) is 5.23. The number of carbonyl (C=O) groups is 3. The van der Waals surface area contributed by atoms with Crippen LogP contribution in [0.5, 0.6) is 0 Å². The maximum absolute atomic E-state index is 12.7. The fourth-order valence-corrected chi connectivity index (χ4v) is 3.70. The Bertz CT molecular complexity index is 687. The number of amides is 3. The third-order valence-corrected chi connectivity index (χ3v) is 5.23. The molecule has 0 saturated heterocycles. The predicted octanol–water partition coefficient (Wildman–Crippen LogP) is 2.54. The van der Waals surface area contributed by atoms with Crippen LogP contribution in [0.15, 0.2) is 30.3 Å². The van der Waals surface area contributed by atoms with Gasteiger partial charge in [0.15, 0.2) is 6.10 Å². The number of rotatable bonds is 7. The number of nitrogens with one attached hydrogen (secondary N) is 2. The van der Waals surface area contributed by atoms with Gasteiger partial charge in [-0.1, -0.05) is 51.3 Å². The van der Waals surface area contributed by atoms with E-state index >= 15 is 0 Å². The summed E-state index contributed by atoms with van der Waals surface area (Å²) in [6.07, 6.45) is 3.88. The molecule has 7 heteroatoms. The molecule has 1 unspecified atom stereocenters. The average molecular weight is 404 g/mol. The van der Waals surface area contributed by atoms with Crippen LogP contribution in [0, 0.1) is 11.8 Å². The van der Waals surface area contributed by atoms with Crippen LogP contribution in [0.1, 0.15) is 59.3 Å². The standard InChI is InChI=1S/C22H33N3O4/c1-15(2)14-19(23-21(28)17-10-6-4-7-11-17)20(27)22(29)24-25(16(3)26)18-12-8-5-9-13-18/h5,8-9,12-13,15,17,19-20,27H,4,6-7,10-11,14H2,1-3H3,(H,23,28)(H,24,29)/t19-,20?/m0/s1. The van der Waals surface area contributed by atoms with Crippen LogP contribution in [0.4, 0.5) is 5.69 Å². The van der Waals surface area contributed by atoms with Crippen LogP contribution >= 0.6 is 0 Å². The van der Waals surface area contributed by atoms with Crippen molar-refractivity contribution in [1.29, 1.82) is 0 Å². The molecule has 1 aromatic rings. The van der Waals surface area contributed by atoms with Crippen molar-refractivity contribution in [3.63, 3.8) is 0 Å². The zero-order valence-corrected chi connectivity index (χ0v) is 17.6. The Balaban J connectivity index is 2.07. The zero-order valence-electron chi connectivity index (χ0n) is 17.6. The first-order chi connectivity index (χ1) is 13.8. The summed E-state index contributed by atoms with van der Waals surface area (Å²) in [5.41, 5.74) is 2.98. The smallest absolute Gasteiger partial charge is 0.269 e. The Morgan fingerprint density at radius 1 is 1.10 bits per heavy atom. The topological polar surface area (TPSA) is 98.7 Å². The molecule has 29 heavy (non-hydrogen) atoms. The van der Waals surface area contributed by atoms with E-state index in [0.29, 0.717) is 12.1 Å². The molecule has 0 aromatic heterocycles. The van der Waals surface area contributed by atoms with Crippen LogP contribution in [0.3, 0.4) is 0 Å². The maximum atomic E-state index is 12.7. The fourth-order valence-electron chi connectivity index (χ4n) is 3.70. The van der Waals surface area contributed by atoms with Crippen molar-refractivity contribution in [2.45, 2.75) is 71.4 Å². The molecule has 160 valence electrons. The molecule has 3 N–H and O–H groups in total. The first-order valence-corrected chi connectivity index (χ1v) is 10.4. The molecule has 0 radical (unpaired) electrons. The van der Waals surface area contributed by atoms with Gasteiger partial charge in [-0.15, -0.1) is 0 Å². The van der Waals surface area contributed by atoms with Crippen molar-refractivity contribution in [2.75, 3.05) is 5.01 Å². The molecule has 0 bridgehead atoms. The second kappa shape index (κ2) is 11.0. The molecular weight excluding hydrogens is 370 g/mol. The average Bonchev–Trinajstić information content (AvgIpc) is 2.71. The molecule has 1 aliphatic rings. The van der Waals surface area contributed by atoms with Crippen molar-refractivity contribution in [2.24, 2.45) is 11.8 Å². The zero-order chi connectivity index (χ0) is 21.4. The molecule has 1 saturated carbocycles. The van der Waals surface area contributed by atoms with E-state index in [1.807, 2.05) is 13.8 Å². The summed E-state index contributed by atoms with van der Waals surface area (Å²) in [4.78, 5) is 37.4. The minimum atomic E-state index is -1.46. The SMILES string of the molecule is CC(=O)N(NC(=O)C(O)[C@H](CC(C)C)NC(=O)C1CCCCC1)c1ccccc1. The summed E-state index contributed by atoms with van der Waals surface area (Å²) >= 11 is 0. The van der Waals surface area contributed by atoms with Gasteiger partial charge in [-0.3, -0.25) is 19.8 Å². The summed E-state index contributed by atoms with van der Waals surface area (Å²) < 4.78 is 0. The summed E-state index contributed by atoms with van der Waals surface area (Å²) in [5.74, 6) is -1.10. The van der Waals surface area contributed by atoms with Gasteiger partial charge in [0.05, 0.1) is 11.7 Å². The Morgan fingerprint density at radius 2 is 1.72 bits per heavy atom. The number of benzene rings is 1. The first-order valence-electron chi connectivity index (χ1n) is 10.4. The van der Waals surface area contributed by atoms with Gasteiger partial charge in [-0.2, -0.15) is 0 Å². The Morgan fingerprint density at radius 3 is 2.28 bits per heavy atom. The van der Waals surface area contributed by atoms with Crippen molar-refractivity contribution in [3.8, 4) is 0 Å². The van der Waals surface area contributed by atoms with Gasteiger partial charge >= 0.3 is 0 Å². The first kappa shape index (κ1) is 22.9. The molecule has 1 aliphatic carbocycles. The quantitative estimate of drug-likeness (QED) is 0.609. The van der Waals surface area contributed by atoms with E-state index in [-0.39, 0.29) is 23.7 Å². The monoisotopic (exact) mass is 403 g/mol. The Hall–Kier alpha value is -2.41. The van der Waals surface area contributed by atoms with E-state index in [2.05, 4.69) is 10.7 Å². The van der Waals surface area contributed by atoms with E-state index in [1.54, 1.807) is 30.3 Å². The molecule has 3 amide bonds. The third kappa shape index (κ3) is 6.85. The predicted molar refractivity (Wildman–Crippen MR) is 112 cm³/mol. The Kier molecular flexibility index (Phi) is 8.64. The molecule has 1 fully saturated rings. The number of aliphatic hydroxyl groups is 1. The second-order valence-electron chi connectivity index (χ2n) is 8.19. The van der Waals surface area contributed by atoms with Gasteiger partial charge in [-0.05, 0) is 37.3 Å². The minimum Gasteiger partial charge on any atom is -0.381 e. The number of nitrogens with zero attached hydrogens (tertiary/aromatic N) is 1. The Labute approximate surface area is 172 Å². The highest BCUT2D eigenvalue weighted by atomic mass is 16.3. The van der Waals surface area contributed by atoms with Crippen LogP contribution in [0.25, 0.3) is 0 Å². The summed E-state index contributed by atoms with van der Waals surface area (Å²) in [7, 11) is 0. The maximum Gasteiger partial charge on any atom is 0.269 e. The van der Waals surface area contributed by atoms with Crippen molar-refractivity contribution < 1.29 is 19.5 Å². The van der Waals surface area contributed by atoms with Gasteiger partial charge in [0.1, 0.15) is 0 Å². The summed E-state index contributed by atoms with van der Waals surface area (Å²) in [5, 5.41) is 14.7. The highest BCUT2D eigenvalue weighted by Gasteiger charge is 2.32. The molecule has 0 spiro atoms. The van der Waals surface area contributed by atoms with E-state index in [4.69, 9.17) is 0 Å². The van der Waals surface area contributed by atoms with Crippen LogP contribution in [0.2, 0.25) is 0 Å². The van der Waals surface area contributed by atoms with E-state index in [0.717, 1.165) is 37.1 Å². The number of para-hydroxylation sites is 1. The summed E-state index contributed by atoms with van der Waals surface area (Å²) in [6.45, 7) is 5.27. The van der Waals surface area contributed by atoms with Gasteiger partial charge in [0.25, 0.3) is 5.91 Å². The lowest BCUT2D eigenvalue weighted by molar-refractivity contribution is -0.135. The summed E-state index contributed by atoms with van der Waals surface area (Å²) in [6, 6.07) is 7.96. The van der Waals surface area contributed by atoms with Crippen LogP contribution in [-0.4, -0.2) is 35.0 Å². The minimum absolute atomic E-state index is 0.0632. The lowest BCUT2D eigenvalue weighted by Crippen LogP contribution is -2.56. The van der Waals surface area contributed by atoms with Crippen molar-refractivity contribution in [3.05, 3.63) is 30.3 Å². The highest BCUT2D eigenvalue weighted by molar-refractivity contribution is 5.96. The molecule has 2 rings (SSSR count). The number of hydrogen-bond acceptors (Lipinski definition) is 4. The molecule has 2 atom stereocenters. The van der Waals surface area contributed by atoms with E-state index in [9.17, 15) is 19.5 Å². The molecule has 0 aliphatic heterocycles. The number of hydrazine groups is 1. The van der Waals surface area contributed by atoms with Crippen molar-refractivity contribution >= 4 is 23.4 Å².